The van der Waals surface area contributed by atoms with E-state index in [-0.39, 0.29) is 0 Å². The monoisotopic (exact) mass is 285 g/mol. The van der Waals surface area contributed by atoms with E-state index in [9.17, 15) is 0 Å². The van der Waals surface area contributed by atoms with E-state index in [0.29, 0.717) is 12.1 Å². The Kier molecular flexibility index (Phi) is 3.39. The minimum absolute atomic E-state index is 0.447. The Morgan fingerprint density at radius 2 is 2.10 bits per heavy atom. The maximum absolute atomic E-state index is 4.76. The fourth-order valence-electron chi connectivity index (χ4n) is 3.84. The van der Waals surface area contributed by atoms with Crippen molar-refractivity contribution in [2.75, 3.05) is 19.6 Å². The first-order valence-electron chi connectivity index (χ1n) is 8.10. The summed E-state index contributed by atoms with van der Waals surface area (Å²) < 4.78 is 0. The molecule has 1 unspecified atom stereocenters. The molecular formula is C16H23N5. The molecule has 0 bridgehead atoms. The van der Waals surface area contributed by atoms with Crippen LogP contribution < -0.4 is 5.32 Å². The van der Waals surface area contributed by atoms with Gasteiger partial charge in [0.15, 0.2) is 5.65 Å². The van der Waals surface area contributed by atoms with Crippen LogP contribution in [0, 0.1) is 6.92 Å². The maximum atomic E-state index is 4.76. The second-order valence-corrected chi connectivity index (χ2v) is 6.38. The summed E-state index contributed by atoms with van der Waals surface area (Å²) in [5, 5.41) is 3.46. The summed E-state index contributed by atoms with van der Waals surface area (Å²) >= 11 is 0. The van der Waals surface area contributed by atoms with E-state index in [0.717, 1.165) is 30.1 Å². The second-order valence-electron chi connectivity index (χ2n) is 6.38. The van der Waals surface area contributed by atoms with E-state index in [1.807, 2.05) is 6.20 Å². The predicted molar refractivity (Wildman–Crippen MR) is 83.2 cm³/mol. The molecule has 0 saturated carbocycles. The highest BCUT2D eigenvalue weighted by Gasteiger charge is 2.34. The van der Waals surface area contributed by atoms with Crippen LogP contribution in [-0.4, -0.2) is 45.5 Å². The number of pyridine rings is 1. The van der Waals surface area contributed by atoms with Crippen molar-refractivity contribution < 1.29 is 0 Å². The lowest BCUT2D eigenvalue weighted by atomic mass is 10.0. The molecule has 2 aromatic rings. The third kappa shape index (κ3) is 2.45. The van der Waals surface area contributed by atoms with Gasteiger partial charge in [-0.05, 0) is 63.9 Å². The van der Waals surface area contributed by atoms with Crippen molar-refractivity contribution in [3.8, 4) is 0 Å². The molecule has 1 atom stereocenters. The molecule has 0 aromatic carbocycles. The summed E-state index contributed by atoms with van der Waals surface area (Å²) in [6.45, 7) is 5.58. The minimum atomic E-state index is 0.447. The Bertz CT molecular complexity index is 629. The average molecular weight is 285 g/mol. The van der Waals surface area contributed by atoms with Gasteiger partial charge in [-0.25, -0.2) is 9.97 Å². The summed E-state index contributed by atoms with van der Waals surface area (Å²) in [4.78, 5) is 15.4. The van der Waals surface area contributed by atoms with E-state index in [4.69, 9.17) is 4.98 Å². The van der Waals surface area contributed by atoms with Gasteiger partial charge in [0.25, 0.3) is 0 Å². The van der Waals surface area contributed by atoms with Crippen LogP contribution in [-0.2, 0) is 0 Å². The molecular weight excluding hydrogens is 262 g/mol. The Morgan fingerprint density at radius 1 is 1.24 bits per heavy atom. The molecule has 21 heavy (non-hydrogen) atoms. The molecule has 0 amide bonds. The largest absolute Gasteiger partial charge is 0.339 e. The number of nitrogens with one attached hydrogen (secondary N) is 2. The maximum Gasteiger partial charge on any atom is 0.177 e. The predicted octanol–water partition coefficient (Wildman–Crippen LogP) is 2.16. The van der Waals surface area contributed by atoms with Gasteiger partial charge in [0.05, 0.1) is 11.6 Å². The van der Waals surface area contributed by atoms with Crippen LogP contribution >= 0.6 is 0 Å². The van der Waals surface area contributed by atoms with E-state index in [1.54, 1.807) is 0 Å². The highest BCUT2D eigenvalue weighted by atomic mass is 15.2. The van der Waals surface area contributed by atoms with E-state index in [1.165, 1.54) is 37.8 Å². The quantitative estimate of drug-likeness (QED) is 0.888. The number of rotatable bonds is 2. The SMILES string of the molecule is Cc1cnc2nc(C3CCCN3C3CCNCC3)[nH]c2c1. The van der Waals surface area contributed by atoms with Gasteiger partial charge >= 0.3 is 0 Å². The van der Waals surface area contributed by atoms with Crippen molar-refractivity contribution in [1.82, 2.24) is 25.2 Å². The minimum Gasteiger partial charge on any atom is -0.339 e. The zero-order chi connectivity index (χ0) is 14.2. The molecule has 2 fully saturated rings. The fraction of sp³-hybridized carbons (Fsp3) is 0.625. The van der Waals surface area contributed by atoms with Gasteiger partial charge in [-0.2, -0.15) is 0 Å². The number of aryl methyl sites for hydroxylation is 1. The molecule has 2 aliphatic rings. The zero-order valence-electron chi connectivity index (χ0n) is 12.6. The molecule has 2 N–H and O–H groups in total. The van der Waals surface area contributed by atoms with Crippen LogP contribution in [0.15, 0.2) is 12.3 Å². The Balaban J connectivity index is 1.63. The number of imidazole rings is 1. The van der Waals surface area contributed by atoms with Crippen LogP contribution in [0.3, 0.4) is 0 Å². The Labute approximate surface area is 125 Å². The van der Waals surface area contributed by atoms with Crippen LogP contribution in [0.5, 0.6) is 0 Å². The summed E-state index contributed by atoms with van der Waals surface area (Å²) in [6.07, 6.45) is 6.90. The van der Waals surface area contributed by atoms with Crippen molar-refractivity contribution in [3.05, 3.63) is 23.7 Å². The number of piperidine rings is 1. The molecule has 112 valence electrons. The standard InChI is InChI=1S/C16H23N5/c1-11-9-13-15(18-10-11)20-16(19-13)14-3-2-8-21(14)12-4-6-17-7-5-12/h9-10,12,14,17H,2-8H2,1H3,(H,18,19,20). The van der Waals surface area contributed by atoms with Crippen molar-refractivity contribution in [2.24, 2.45) is 0 Å². The van der Waals surface area contributed by atoms with Crippen molar-refractivity contribution in [3.63, 3.8) is 0 Å². The number of hydrogen-bond acceptors (Lipinski definition) is 4. The Hall–Kier alpha value is -1.46. The molecule has 5 nitrogen and oxygen atoms in total. The van der Waals surface area contributed by atoms with Gasteiger partial charge in [-0.1, -0.05) is 0 Å². The first-order valence-corrected chi connectivity index (χ1v) is 8.10. The van der Waals surface area contributed by atoms with E-state index in [2.05, 4.69) is 33.2 Å². The number of hydrogen-bond donors (Lipinski definition) is 2. The number of aromatic amines is 1. The van der Waals surface area contributed by atoms with Gasteiger partial charge in [-0.15, -0.1) is 0 Å². The van der Waals surface area contributed by atoms with Crippen molar-refractivity contribution >= 4 is 11.2 Å². The first kappa shape index (κ1) is 13.2. The van der Waals surface area contributed by atoms with Gasteiger partial charge in [0, 0.05) is 12.2 Å². The third-order valence-electron chi connectivity index (χ3n) is 4.88. The highest BCUT2D eigenvalue weighted by molar-refractivity contribution is 5.71. The average Bonchev–Trinajstić information content (AvgIpc) is 3.13. The molecule has 2 aliphatic heterocycles. The summed E-state index contributed by atoms with van der Waals surface area (Å²) in [5.41, 5.74) is 3.11. The lowest BCUT2D eigenvalue weighted by Crippen LogP contribution is -2.42. The van der Waals surface area contributed by atoms with E-state index < -0.39 is 0 Å². The third-order valence-corrected chi connectivity index (χ3v) is 4.88. The van der Waals surface area contributed by atoms with Crippen LogP contribution in [0.2, 0.25) is 0 Å². The summed E-state index contributed by atoms with van der Waals surface area (Å²) in [6, 6.07) is 3.30. The molecule has 5 heteroatoms. The Morgan fingerprint density at radius 3 is 2.95 bits per heavy atom. The van der Waals surface area contributed by atoms with Gasteiger partial charge in [0.1, 0.15) is 5.82 Å². The molecule has 2 aromatic heterocycles. The van der Waals surface area contributed by atoms with Crippen LogP contribution in [0.4, 0.5) is 0 Å². The molecule has 0 aliphatic carbocycles. The lowest BCUT2D eigenvalue weighted by Gasteiger charge is -2.35. The van der Waals surface area contributed by atoms with Crippen LogP contribution in [0.25, 0.3) is 11.2 Å². The number of likely N-dealkylation sites (tertiary alicyclic amines) is 1. The first-order chi connectivity index (χ1) is 10.3. The topological polar surface area (TPSA) is 56.8 Å². The van der Waals surface area contributed by atoms with E-state index >= 15 is 0 Å². The van der Waals surface area contributed by atoms with Gasteiger partial charge in [0.2, 0.25) is 0 Å². The number of nitrogens with zero attached hydrogens (tertiary/aromatic N) is 3. The molecule has 0 radical (unpaired) electrons. The normalized spacial score (nSPS) is 24.9. The summed E-state index contributed by atoms with van der Waals surface area (Å²) in [5.74, 6) is 1.11. The van der Waals surface area contributed by atoms with Gasteiger partial charge in [-0.3, -0.25) is 4.90 Å². The number of fused-ring (bicyclic) bond motifs is 1. The zero-order valence-corrected chi connectivity index (χ0v) is 12.6. The molecule has 2 saturated heterocycles. The highest BCUT2D eigenvalue weighted by Crippen LogP contribution is 2.34. The van der Waals surface area contributed by atoms with Crippen molar-refractivity contribution in [1.29, 1.82) is 0 Å². The molecule has 0 spiro atoms. The van der Waals surface area contributed by atoms with Crippen molar-refractivity contribution in [2.45, 2.75) is 44.7 Å². The fourth-order valence-corrected chi connectivity index (χ4v) is 3.84. The number of H-pyrrole nitrogens is 1. The van der Waals surface area contributed by atoms with Gasteiger partial charge < -0.3 is 10.3 Å². The molecule has 4 rings (SSSR count). The smallest absolute Gasteiger partial charge is 0.177 e. The lowest BCUT2D eigenvalue weighted by molar-refractivity contribution is 0.144. The van der Waals surface area contributed by atoms with Crippen LogP contribution in [0.1, 0.15) is 43.1 Å². The summed E-state index contributed by atoms with van der Waals surface area (Å²) in [7, 11) is 0. The number of aromatic nitrogens is 3. The molecule has 4 heterocycles. The second kappa shape index (κ2) is 5.39.